The van der Waals surface area contributed by atoms with Gasteiger partial charge in [-0.3, -0.25) is 0 Å². The summed E-state index contributed by atoms with van der Waals surface area (Å²) >= 11 is 6.02. The lowest BCUT2D eigenvalue weighted by molar-refractivity contribution is 0.279. The molecule has 18 heavy (non-hydrogen) atoms. The van der Waals surface area contributed by atoms with Crippen molar-refractivity contribution >= 4 is 11.6 Å². The van der Waals surface area contributed by atoms with Gasteiger partial charge in [0.25, 0.3) is 0 Å². The van der Waals surface area contributed by atoms with Crippen LogP contribution in [0.1, 0.15) is 50.5 Å². The molecule has 2 heteroatoms. The first-order chi connectivity index (χ1) is 8.78. The number of hydrogen-bond acceptors (Lipinski definition) is 1. The van der Waals surface area contributed by atoms with E-state index in [-0.39, 0.29) is 0 Å². The SMILES string of the molecule is Clc1ccc(C2(CNC3CC3)CCCCC2)cc1. The molecule has 1 nitrogen and oxygen atoms in total. The van der Waals surface area contributed by atoms with Crippen molar-refractivity contribution < 1.29 is 0 Å². The van der Waals surface area contributed by atoms with Gasteiger partial charge >= 0.3 is 0 Å². The van der Waals surface area contributed by atoms with Crippen LogP contribution in [-0.2, 0) is 5.41 Å². The second kappa shape index (κ2) is 5.22. The summed E-state index contributed by atoms with van der Waals surface area (Å²) in [5, 5.41) is 4.59. The maximum absolute atomic E-state index is 6.02. The predicted octanol–water partition coefficient (Wildman–Crippen LogP) is 4.29. The van der Waals surface area contributed by atoms with Crippen LogP contribution in [0.3, 0.4) is 0 Å². The third kappa shape index (κ3) is 2.73. The van der Waals surface area contributed by atoms with Crippen molar-refractivity contribution in [3.8, 4) is 0 Å². The Morgan fingerprint density at radius 1 is 1.06 bits per heavy atom. The van der Waals surface area contributed by atoms with Crippen LogP contribution in [0, 0.1) is 0 Å². The number of nitrogens with one attached hydrogen (secondary N) is 1. The fourth-order valence-electron chi connectivity index (χ4n) is 3.23. The summed E-state index contributed by atoms with van der Waals surface area (Å²) in [7, 11) is 0. The van der Waals surface area contributed by atoms with Gasteiger partial charge in [0.05, 0.1) is 0 Å². The highest BCUT2D eigenvalue weighted by molar-refractivity contribution is 6.30. The molecule has 0 aliphatic heterocycles. The van der Waals surface area contributed by atoms with Crippen molar-refractivity contribution in [2.75, 3.05) is 6.54 Å². The van der Waals surface area contributed by atoms with E-state index in [1.165, 1.54) is 50.5 Å². The Balaban J connectivity index is 1.80. The fraction of sp³-hybridized carbons (Fsp3) is 0.625. The molecule has 1 aromatic carbocycles. The number of benzene rings is 1. The molecule has 0 spiro atoms. The van der Waals surface area contributed by atoms with Gasteiger partial charge in [-0.2, -0.15) is 0 Å². The van der Waals surface area contributed by atoms with Crippen molar-refractivity contribution in [3.63, 3.8) is 0 Å². The van der Waals surface area contributed by atoms with E-state index in [0.29, 0.717) is 5.41 Å². The highest BCUT2D eigenvalue weighted by Gasteiger charge is 2.35. The van der Waals surface area contributed by atoms with Gasteiger partial charge in [0, 0.05) is 23.0 Å². The number of hydrogen-bond donors (Lipinski definition) is 1. The maximum atomic E-state index is 6.02. The zero-order valence-corrected chi connectivity index (χ0v) is 11.7. The van der Waals surface area contributed by atoms with Gasteiger partial charge in [-0.25, -0.2) is 0 Å². The Morgan fingerprint density at radius 2 is 1.72 bits per heavy atom. The third-order valence-electron chi connectivity index (χ3n) is 4.57. The van der Waals surface area contributed by atoms with Crippen molar-refractivity contribution in [1.29, 1.82) is 0 Å². The van der Waals surface area contributed by atoms with Gasteiger partial charge in [-0.05, 0) is 43.4 Å². The van der Waals surface area contributed by atoms with E-state index >= 15 is 0 Å². The second-order valence-corrected chi connectivity index (χ2v) is 6.44. The molecule has 2 saturated carbocycles. The highest BCUT2D eigenvalue weighted by atomic mass is 35.5. The standard InChI is InChI=1S/C16H22ClN/c17-14-6-4-13(5-7-14)16(10-2-1-3-11-16)12-18-15-8-9-15/h4-7,15,18H,1-3,8-12H2. The first-order valence-corrected chi connectivity index (χ1v) is 7.66. The molecule has 0 aromatic heterocycles. The summed E-state index contributed by atoms with van der Waals surface area (Å²) in [5.41, 5.74) is 1.85. The van der Waals surface area contributed by atoms with Crippen molar-refractivity contribution in [1.82, 2.24) is 5.32 Å². The van der Waals surface area contributed by atoms with Gasteiger partial charge in [0.1, 0.15) is 0 Å². The van der Waals surface area contributed by atoms with Crippen LogP contribution < -0.4 is 5.32 Å². The molecule has 0 unspecified atom stereocenters. The summed E-state index contributed by atoms with van der Waals surface area (Å²) in [6, 6.07) is 9.37. The van der Waals surface area contributed by atoms with Gasteiger partial charge in [-0.1, -0.05) is 43.0 Å². The summed E-state index contributed by atoms with van der Waals surface area (Å²) in [4.78, 5) is 0. The first kappa shape index (κ1) is 12.5. The van der Waals surface area contributed by atoms with Gasteiger partial charge < -0.3 is 5.32 Å². The molecule has 3 rings (SSSR count). The Labute approximate surface area is 115 Å². The van der Waals surface area contributed by atoms with Gasteiger partial charge in [0.2, 0.25) is 0 Å². The zero-order valence-electron chi connectivity index (χ0n) is 10.9. The van der Waals surface area contributed by atoms with Crippen LogP contribution in [-0.4, -0.2) is 12.6 Å². The van der Waals surface area contributed by atoms with E-state index in [9.17, 15) is 0 Å². The van der Waals surface area contributed by atoms with Gasteiger partial charge in [0.15, 0.2) is 0 Å². The minimum Gasteiger partial charge on any atom is -0.313 e. The molecule has 0 bridgehead atoms. The van der Waals surface area contributed by atoms with Crippen molar-refractivity contribution in [2.45, 2.75) is 56.4 Å². The molecule has 0 radical (unpaired) electrons. The van der Waals surface area contributed by atoms with Crippen LogP contribution in [0.25, 0.3) is 0 Å². The smallest absolute Gasteiger partial charge is 0.0406 e. The third-order valence-corrected chi connectivity index (χ3v) is 4.83. The Morgan fingerprint density at radius 3 is 2.33 bits per heavy atom. The summed E-state index contributed by atoms with van der Waals surface area (Å²) in [6.45, 7) is 1.15. The van der Waals surface area contributed by atoms with Crippen LogP contribution in [0.4, 0.5) is 0 Å². The average molecular weight is 264 g/mol. The minimum atomic E-state index is 0.366. The summed E-state index contributed by atoms with van der Waals surface area (Å²) in [6.07, 6.45) is 9.54. The lowest BCUT2D eigenvalue weighted by atomic mass is 9.69. The molecule has 2 aliphatic rings. The number of rotatable bonds is 4. The van der Waals surface area contributed by atoms with E-state index in [2.05, 4.69) is 17.4 Å². The van der Waals surface area contributed by atoms with Gasteiger partial charge in [-0.15, -0.1) is 0 Å². The minimum absolute atomic E-state index is 0.366. The predicted molar refractivity (Wildman–Crippen MR) is 77.2 cm³/mol. The zero-order chi connectivity index (χ0) is 12.4. The lowest BCUT2D eigenvalue weighted by Crippen LogP contribution is -2.40. The van der Waals surface area contributed by atoms with E-state index in [0.717, 1.165) is 17.6 Å². The van der Waals surface area contributed by atoms with Crippen molar-refractivity contribution in [2.24, 2.45) is 0 Å². The molecule has 0 amide bonds. The molecule has 0 heterocycles. The molecular formula is C16H22ClN. The molecule has 98 valence electrons. The van der Waals surface area contributed by atoms with Crippen LogP contribution in [0.5, 0.6) is 0 Å². The normalized spacial score (nSPS) is 22.9. The van der Waals surface area contributed by atoms with E-state index < -0.39 is 0 Å². The average Bonchev–Trinajstić information content (AvgIpc) is 3.22. The fourth-order valence-corrected chi connectivity index (χ4v) is 3.35. The highest BCUT2D eigenvalue weighted by Crippen LogP contribution is 2.40. The Bertz CT molecular complexity index is 388. The molecule has 1 N–H and O–H groups in total. The van der Waals surface area contributed by atoms with E-state index in [1.807, 2.05) is 12.1 Å². The summed E-state index contributed by atoms with van der Waals surface area (Å²) in [5.74, 6) is 0. The monoisotopic (exact) mass is 263 g/mol. The lowest BCUT2D eigenvalue weighted by Gasteiger charge is -2.38. The molecular weight excluding hydrogens is 242 g/mol. The molecule has 0 saturated heterocycles. The largest absolute Gasteiger partial charge is 0.313 e. The second-order valence-electron chi connectivity index (χ2n) is 6.00. The molecule has 2 fully saturated rings. The van der Waals surface area contributed by atoms with E-state index in [4.69, 9.17) is 11.6 Å². The Hall–Kier alpha value is -0.530. The van der Waals surface area contributed by atoms with Crippen LogP contribution in [0.15, 0.2) is 24.3 Å². The van der Waals surface area contributed by atoms with E-state index in [1.54, 1.807) is 0 Å². The van der Waals surface area contributed by atoms with Crippen LogP contribution >= 0.6 is 11.6 Å². The maximum Gasteiger partial charge on any atom is 0.0406 e. The Kier molecular flexibility index (Phi) is 3.63. The number of halogens is 1. The first-order valence-electron chi connectivity index (χ1n) is 7.28. The van der Waals surface area contributed by atoms with Crippen molar-refractivity contribution in [3.05, 3.63) is 34.9 Å². The van der Waals surface area contributed by atoms with Crippen LogP contribution in [0.2, 0.25) is 5.02 Å². The quantitative estimate of drug-likeness (QED) is 0.854. The summed E-state index contributed by atoms with van der Waals surface area (Å²) < 4.78 is 0. The molecule has 1 aromatic rings. The molecule has 2 aliphatic carbocycles. The topological polar surface area (TPSA) is 12.0 Å². The molecule has 0 atom stereocenters.